The standard InChI is InChI=1S/C9H16N2O3/c1-2-14-8(12)6-11-9(13)7-4-3-5-10-7/h7,10H,2-6H2,1H3,(H,11,13). The van der Waals surface area contributed by atoms with E-state index in [0.29, 0.717) is 6.61 Å². The van der Waals surface area contributed by atoms with Gasteiger partial charge in [0.1, 0.15) is 6.54 Å². The number of carbonyl (C=O) groups excluding carboxylic acids is 2. The van der Waals surface area contributed by atoms with Crippen LogP contribution < -0.4 is 10.6 Å². The molecule has 0 aliphatic carbocycles. The minimum absolute atomic E-state index is 0.0369. The Morgan fingerprint density at radius 2 is 2.36 bits per heavy atom. The molecule has 1 saturated heterocycles. The Balaban J connectivity index is 2.17. The second kappa shape index (κ2) is 5.59. The lowest BCUT2D eigenvalue weighted by Crippen LogP contribution is -2.42. The van der Waals surface area contributed by atoms with Crippen molar-refractivity contribution in [3.63, 3.8) is 0 Å². The van der Waals surface area contributed by atoms with E-state index in [2.05, 4.69) is 15.4 Å². The van der Waals surface area contributed by atoms with Gasteiger partial charge in [0.15, 0.2) is 0 Å². The van der Waals surface area contributed by atoms with E-state index in [9.17, 15) is 9.59 Å². The monoisotopic (exact) mass is 200 g/mol. The van der Waals surface area contributed by atoms with Crippen molar-refractivity contribution in [3.05, 3.63) is 0 Å². The molecule has 0 spiro atoms. The molecule has 0 saturated carbocycles. The van der Waals surface area contributed by atoms with Gasteiger partial charge in [-0.1, -0.05) is 0 Å². The Bertz CT molecular complexity index is 212. The van der Waals surface area contributed by atoms with Crippen molar-refractivity contribution in [2.75, 3.05) is 19.7 Å². The molecule has 5 nitrogen and oxygen atoms in total. The first kappa shape index (κ1) is 11.0. The van der Waals surface area contributed by atoms with Crippen LogP contribution in [0.1, 0.15) is 19.8 Å². The van der Waals surface area contributed by atoms with E-state index in [-0.39, 0.29) is 24.5 Å². The van der Waals surface area contributed by atoms with Crippen LogP contribution in [0.4, 0.5) is 0 Å². The fourth-order valence-electron chi connectivity index (χ4n) is 1.40. The molecule has 0 aromatic carbocycles. The third-order valence-corrected chi connectivity index (χ3v) is 2.09. The lowest BCUT2D eigenvalue weighted by molar-refractivity contribution is -0.143. The quantitative estimate of drug-likeness (QED) is 0.596. The van der Waals surface area contributed by atoms with Crippen LogP contribution in [-0.4, -0.2) is 37.6 Å². The normalized spacial score (nSPS) is 20.5. The summed E-state index contributed by atoms with van der Waals surface area (Å²) in [5.74, 6) is -0.505. The van der Waals surface area contributed by atoms with Gasteiger partial charge in [0.05, 0.1) is 12.6 Å². The predicted octanol–water partition coefficient (Wildman–Crippen LogP) is -0.582. The number of ether oxygens (including phenoxy) is 1. The van der Waals surface area contributed by atoms with E-state index in [4.69, 9.17) is 0 Å². The van der Waals surface area contributed by atoms with Gasteiger partial charge in [0, 0.05) is 0 Å². The van der Waals surface area contributed by atoms with Gasteiger partial charge in [-0.2, -0.15) is 0 Å². The van der Waals surface area contributed by atoms with Crippen LogP contribution in [0.3, 0.4) is 0 Å². The highest BCUT2D eigenvalue weighted by Crippen LogP contribution is 2.03. The van der Waals surface area contributed by atoms with Gasteiger partial charge in [-0.3, -0.25) is 9.59 Å². The van der Waals surface area contributed by atoms with Crippen molar-refractivity contribution in [1.82, 2.24) is 10.6 Å². The van der Waals surface area contributed by atoms with Gasteiger partial charge in [-0.25, -0.2) is 0 Å². The molecule has 5 heteroatoms. The number of nitrogens with one attached hydrogen (secondary N) is 2. The molecular formula is C9H16N2O3. The molecule has 1 rings (SSSR count). The maximum absolute atomic E-state index is 11.4. The van der Waals surface area contributed by atoms with Gasteiger partial charge in [-0.15, -0.1) is 0 Å². The third kappa shape index (κ3) is 3.33. The molecule has 1 fully saturated rings. The van der Waals surface area contributed by atoms with E-state index in [1.807, 2.05) is 0 Å². The Labute approximate surface area is 83.2 Å². The molecule has 1 aliphatic heterocycles. The van der Waals surface area contributed by atoms with Gasteiger partial charge < -0.3 is 15.4 Å². The smallest absolute Gasteiger partial charge is 0.325 e. The topological polar surface area (TPSA) is 67.4 Å². The number of carbonyl (C=O) groups is 2. The van der Waals surface area contributed by atoms with Crippen LogP contribution >= 0.6 is 0 Å². The highest BCUT2D eigenvalue weighted by atomic mass is 16.5. The Morgan fingerprint density at radius 3 is 2.93 bits per heavy atom. The summed E-state index contributed by atoms with van der Waals surface area (Å²) in [5.41, 5.74) is 0. The van der Waals surface area contributed by atoms with Crippen LogP contribution in [0, 0.1) is 0 Å². The molecule has 0 bridgehead atoms. The SMILES string of the molecule is CCOC(=O)CNC(=O)C1CCCN1. The number of hydrogen-bond donors (Lipinski definition) is 2. The summed E-state index contributed by atoms with van der Waals surface area (Å²) in [6, 6.07) is -0.135. The predicted molar refractivity (Wildman–Crippen MR) is 50.7 cm³/mol. The van der Waals surface area contributed by atoms with Crippen molar-refractivity contribution >= 4 is 11.9 Å². The summed E-state index contributed by atoms with van der Waals surface area (Å²) >= 11 is 0. The van der Waals surface area contributed by atoms with E-state index in [1.54, 1.807) is 6.92 Å². The van der Waals surface area contributed by atoms with Crippen molar-refractivity contribution in [3.8, 4) is 0 Å². The van der Waals surface area contributed by atoms with E-state index in [1.165, 1.54) is 0 Å². The van der Waals surface area contributed by atoms with E-state index >= 15 is 0 Å². The number of esters is 1. The van der Waals surface area contributed by atoms with Crippen molar-refractivity contribution in [2.45, 2.75) is 25.8 Å². The van der Waals surface area contributed by atoms with Crippen LogP contribution in [0.5, 0.6) is 0 Å². The van der Waals surface area contributed by atoms with E-state index in [0.717, 1.165) is 19.4 Å². The molecule has 1 amide bonds. The van der Waals surface area contributed by atoms with Gasteiger partial charge in [0.25, 0.3) is 0 Å². The second-order valence-electron chi connectivity index (χ2n) is 3.17. The molecule has 0 aromatic heterocycles. The summed E-state index contributed by atoms with van der Waals surface area (Å²) in [5, 5.41) is 5.58. The summed E-state index contributed by atoms with van der Waals surface area (Å²) < 4.78 is 4.68. The summed E-state index contributed by atoms with van der Waals surface area (Å²) in [6.07, 6.45) is 1.85. The van der Waals surface area contributed by atoms with Crippen LogP contribution in [0.15, 0.2) is 0 Å². The zero-order valence-electron chi connectivity index (χ0n) is 8.34. The molecule has 14 heavy (non-hydrogen) atoms. The summed E-state index contributed by atoms with van der Waals surface area (Å²) in [6.45, 7) is 2.91. The minimum atomic E-state index is -0.390. The fraction of sp³-hybridized carbons (Fsp3) is 0.778. The maximum atomic E-state index is 11.4. The van der Waals surface area contributed by atoms with Crippen LogP contribution in [-0.2, 0) is 14.3 Å². The molecule has 1 atom stereocenters. The minimum Gasteiger partial charge on any atom is -0.465 e. The van der Waals surface area contributed by atoms with Gasteiger partial charge in [0.2, 0.25) is 5.91 Å². The largest absolute Gasteiger partial charge is 0.465 e. The zero-order valence-corrected chi connectivity index (χ0v) is 8.34. The molecule has 80 valence electrons. The van der Waals surface area contributed by atoms with Gasteiger partial charge >= 0.3 is 5.97 Å². The van der Waals surface area contributed by atoms with Crippen molar-refractivity contribution in [1.29, 1.82) is 0 Å². The van der Waals surface area contributed by atoms with E-state index < -0.39 is 0 Å². The second-order valence-corrected chi connectivity index (χ2v) is 3.17. The highest BCUT2D eigenvalue weighted by Gasteiger charge is 2.21. The molecule has 1 unspecified atom stereocenters. The van der Waals surface area contributed by atoms with Gasteiger partial charge in [-0.05, 0) is 26.3 Å². The average Bonchev–Trinajstić information content (AvgIpc) is 2.67. The number of rotatable bonds is 4. The molecule has 1 aliphatic rings. The molecular weight excluding hydrogens is 184 g/mol. The average molecular weight is 200 g/mol. The molecule has 2 N–H and O–H groups in total. The van der Waals surface area contributed by atoms with Crippen LogP contribution in [0.2, 0.25) is 0 Å². The maximum Gasteiger partial charge on any atom is 0.325 e. The van der Waals surface area contributed by atoms with Crippen molar-refractivity contribution in [2.24, 2.45) is 0 Å². The first-order valence-electron chi connectivity index (χ1n) is 4.90. The molecule has 0 radical (unpaired) electrons. The zero-order chi connectivity index (χ0) is 10.4. The molecule has 1 heterocycles. The van der Waals surface area contributed by atoms with Crippen LogP contribution in [0.25, 0.3) is 0 Å². The molecule has 0 aromatic rings. The number of amides is 1. The number of hydrogen-bond acceptors (Lipinski definition) is 4. The highest BCUT2D eigenvalue weighted by molar-refractivity contribution is 5.85. The summed E-state index contributed by atoms with van der Waals surface area (Å²) in [4.78, 5) is 22.3. The Kier molecular flexibility index (Phi) is 4.39. The fourth-order valence-corrected chi connectivity index (χ4v) is 1.40. The lowest BCUT2D eigenvalue weighted by Gasteiger charge is -2.10. The summed E-state index contributed by atoms with van der Waals surface area (Å²) in [7, 11) is 0. The first-order chi connectivity index (χ1) is 6.74. The van der Waals surface area contributed by atoms with Crippen molar-refractivity contribution < 1.29 is 14.3 Å². The Morgan fingerprint density at radius 1 is 1.57 bits per heavy atom. The Hall–Kier alpha value is -1.10. The third-order valence-electron chi connectivity index (χ3n) is 2.09. The first-order valence-corrected chi connectivity index (χ1v) is 4.90. The lowest BCUT2D eigenvalue weighted by atomic mass is 10.2.